The maximum absolute atomic E-state index is 10.5. The summed E-state index contributed by atoms with van der Waals surface area (Å²) in [7, 11) is 0. The Hall–Kier alpha value is -1.47. The summed E-state index contributed by atoms with van der Waals surface area (Å²) in [6.07, 6.45) is 4.36. The lowest BCUT2D eigenvalue weighted by molar-refractivity contribution is -0.385. The van der Waals surface area contributed by atoms with E-state index in [1.807, 2.05) is 0 Å². The molecule has 1 aromatic heterocycles. The molecule has 0 aliphatic carbocycles. The molecule has 1 aliphatic heterocycles. The van der Waals surface area contributed by atoms with E-state index in [4.69, 9.17) is 0 Å². The monoisotopic (exact) mass is 240 g/mol. The SMILES string of the molecule is O=[N+]([O-])c1cnn(CC(O)CN2CCCC2)c1. The highest BCUT2D eigenvalue weighted by molar-refractivity contribution is 5.20. The van der Waals surface area contributed by atoms with Crippen molar-refractivity contribution in [2.45, 2.75) is 25.5 Å². The van der Waals surface area contributed by atoms with Crippen molar-refractivity contribution in [1.82, 2.24) is 14.7 Å². The molecule has 0 amide bonds. The van der Waals surface area contributed by atoms with Crippen LogP contribution in [0.5, 0.6) is 0 Å². The molecule has 7 heteroatoms. The van der Waals surface area contributed by atoms with E-state index in [0.717, 1.165) is 13.1 Å². The van der Waals surface area contributed by atoms with Crippen LogP contribution >= 0.6 is 0 Å². The summed E-state index contributed by atoms with van der Waals surface area (Å²) in [5, 5.41) is 24.1. The van der Waals surface area contributed by atoms with Gasteiger partial charge in [0.05, 0.1) is 17.6 Å². The van der Waals surface area contributed by atoms with Gasteiger partial charge in [-0.25, -0.2) is 0 Å². The lowest BCUT2D eigenvalue weighted by Crippen LogP contribution is -2.32. The molecular weight excluding hydrogens is 224 g/mol. The standard InChI is InChI=1S/C10H16N4O3/c15-10(7-12-3-1-2-4-12)8-13-6-9(5-11-13)14(16)17/h5-6,10,15H,1-4,7-8H2. The lowest BCUT2D eigenvalue weighted by atomic mass is 10.3. The van der Waals surface area contributed by atoms with Crippen LogP contribution in [0.25, 0.3) is 0 Å². The van der Waals surface area contributed by atoms with E-state index < -0.39 is 11.0 Å². The zero-order valence-corrected chi connectivity index (χ0v) is 9.53. The van der Waals surface area contributed by atoms with Gasteiger partial charge in [-0.3, -0.25) is 14.8 Å². The fourth-order valence-electron chi connectivity index (χ4n) is 2.08. The molecule has 94 valence electrons. The van der Waals surface area contributed by atoms with E-state index in [1.54, 1.807) is 0 Å². The first-order valence-electron chi connectivity index (χ1n) is 5.72. The van der Waals surface area contributed by atoms with Crippen molar-refractivity contribution in [3.8, 4) is 0 Å². The van der Waals surface area contributed by atoms with Crippen LogP contribution in [0, 0.1) is 10.1 Å². The molecule has 1 aromatic rings. The number of hydrogen-bond acceptors (Lipinski definition) is 5. The molecule has 0 aromatic carbocycles. The summed E-state index contributed by atoms with van der Waals surface area (Å²) in [6.45, 7) is 2.95. The molecule has 0 spiro atoms. The summed E-state index contributed by atoms with van der Waals surface area (Å²) in [5.41, 5.74) is -0.0432. The van der Waals surface area contributed by atoms with Crippen molar-refractivity contribution in [3.05, 3.63) is 22.5 Å². The first kappa shape index (κ1) is 12.0. The number of likely N-dealkylation sites (tertiary alicyclic amines) is 1. The van der Waals surface area contributed by atoms with Crippen LogP contribution in [0.15, 0.2) is 12.4 Å². The van der Waals surface area contributed by atoms with Gasteiger partial charge < -0.3 is 10.0 Å². The van der Waals surface area contributed by atoms with Crippen molar-refractivity contribution in [2.75, 3.05) is 19.6 Å². The predicted octanol–water partition coefficient (Wildman–Crippen LogP) is 0.248. The maximum atomic E-state index is 10.5. The first-order chi connectivity index (χ1) is 8.15. The summed E-state index contributed by atoms with van der Waals surface area (Å²) in [6, 6.07) is 0. The van der Waals surface area contributed by atoms with Gasteiger partial charge in [0.2, 0.25) is 0 Å². The summed E-state index contributed by atoms with van der Waals surface area (Å²) < 4.78 is 1.42. The second-order valence-corrected chi connectivity index (χ2v) is 4.34. The average molecular weight is 240 g/mol. The topological polar surface area (TPSA) is 84.4 Å². The Labute approximate surface area is 98.8 Å². The van der Waals surface area contributed by atoms with Crippen LogP contribution in [0.2, 0.25) is 0 Å². The Morgan fingerprint density at radius 3 is 2.76 bits per heavy atom. The third kappa shape index (κ3) is 3.24. The Kier molecular flexibility index (Phi) is 3.70. The highest BCUT2D eigenvalue weighted by atomic mass is 16.6. The third-order valence-corrected chi connectivity index (χ3v) is 2.90. The molecule has 2 rings (SSSR count). The van der Waals surface area contributed by atoms with Gasteiger partial charge >= 0.3 is 5.69 Å². The quantitative estimate of drug-likeness (QED) is 0.589. The molecule has 0 saturated carbocycles. The Morgan fingerprint density at radius 2 is 2.18 bits per heavy atom. The van der Waals surface area contributed by atoms with Gasteiger partial charge in [0.15, 0.2) is 0 Å². The van der Waals surface area contributed by atoms with Crippen LogP contribution in [-0.2, 0) is 6.54 Å². The number of rotatable bonds is 5. The number of aromatic nitrogens is 2. The number of β-amino-alcohol motifs (C(OH)–C–C–N with tert-alkyl or cyclic N) is 1. The van der Waals surface area contributed by atoms with Crippen LogP contribution < -0.4 is 0 Å². The van der Waals surface area contributed by atoms with Crippen LogP contribution in [0.3, 0.4) is 0 Å². The van der Waals surface area contributed by atoms with Crippen molar-refractivity contribution in [2.24, 2.45) is 0 Å². The van der Waals surface area contributed by atoms with Crippen LogP contribution in [0.4, 0.5) is 5.69 Å². The highest BCUT2D eigenvalue weighted by Gasteiger charge is 2.17. The largest absolute Gasteiger partial charge is 0.390 e. The van der Waals surface area contributed by atoms with E-state index in [2.05, 4.69) is 10.00 Å². The number of nitrogens with zero attached hydrogens (tertiary/aromatic N) is 4. The molecule has 17 heavy (non-hydrogen) atoms. The number of aliphatic hydroxyl groups excluding tert-OH is 1. The molecule has 1 unspecified atom stereocenters. The molecule has 1 aliphatic rings. The zero-order valence-electron chi connectivity index (χ0n) is 9.53. The van der Waals surface area contributed by atoms with E-state index in [1.165, 1.54) is 29.9 Å². The summed E-state index contributed by atoms with van der Waals surface area (Å²) in [4.78, 5) is 12.2. The van der Waals surface area contributed by atoms with Gasteiger partial charge in [0.1, 0.15) is 12.4 Å². The van der Waals surface area contributed by atoms with E-state index in [9.17, 15) is 15.2 Å². The van der Waals surface area contributed by atoms with Gasteiger partial charge in [0, 0.05) is 6.54 Å². The summed E-state index contributed by atoms with van der Waals surface area (Å²) in [5.74, 6) is 0. The van der Waals surface area contributed by atoms with Gasteiger partial charge in [-0.2, -0.15) is 5.10 Å². The Balaban J connectivity index is 1.84. The fraction of sp³-hybridized carbons (Fsp3) is 0.700. The first-order valence-corrected chi connectivity index (χ1v) is 5.72. The summed E-state index contributed by atoms with van der Waals surface area (Å²) >= 11 is 0. The molecular formula is C10H16N4O3. The smallest absolute Gasteiger partial charge is 0.306 e. The van der Waals surface area contributed by atoms with E-state index >= 15 is 0 Å². The zero-order chi connectivity index (χ0) is 12.3. The van der Waals surface area contributed by atoms with Crippen molar-refractivity contribution >= 4 is 5.69 Å². The minimum absolute atomic E-state index is 0.0432. The van der Waals surface area contributed by atoms with Crippen LogP contribution in [-0.4, -0.2) is 50.4 Å². The molecule has 0 bridgehead atoms. The number of hydrogen-bond donors (Lipinski definition) is 1. The third-order valence-electron chi connectivity index (χ3n) is 2.90. The Morgan fingerprint density at radius 1 is 1.47 bits per heavy atom. The van der Waals surface area contributed by atoms with Gasteiger partial charge in [-0.05, 0) is 25.9 Å². The molecule has 2 heterocycles. The highest BCUT2D eigenvalue weighted by Crippen LogP contribution is 2.10. The second-order valence-electron chi connectivity index (χ2n) is 4.34. The molecule has 1 N–H and O–H groups in total. The maximum Gasteiger partial charge on any atom is 0.306 e. The number of nitro groups is 1. The van der Waals surface area contributed by atoms with E-state index in [-0.39, 0.29) is 5.69 Å². The lowest BCUT2D eigenvalue weighted by Gasteiger charge is -2.18. The second kappa shape index (κ2) is 5.24. The average Bonchev–Trinajstić information content (AvgIpc) is 2.88. The normalized spacial score (nSPS) is 18.4. The predicted molar refractivity (Wildman–Crippen MR) is 60.6 cm³/mol. The van der Waals surface area contributed by atoms with Crippen molar-refractivity contribution < 1.29 is 10.0 Å². The molecule has 1 saturated heterocycles. The fourth-order valence-corrected chi connectivity index (χ4v) is 2.08. The van der Waals surface area contributed by atoms with Gasteiger partial charge in [0.25, 0.3) is 0 Å². The minimum Gasteiger partial charge on any atom is -0.390 e. The van der Waals surface area contributed by atoms with E-state index in [0.29, 0.717) is 13.1 Å². The molecule has 0 radical (unpaired) electrons. The minimum atomic E-state index is -0.535. The van der Waals surface area contributed by atoms with Crippen molar-refractivity contribution in [1.29, 1.82) is 0 Å². The molecule has 1 atom stereocenters. The molecule has 7 nitrogen and oxygen atoms in total. The van der Waals surface area contributed by atoms with Crippen molar-refractivity contribution in [3.63, 3.8) is 0 Å². The molecule has 1 fully saturated rings. The Bertz CT molecular complexity index is 387. The van der Waals surface area contributed by atoms with Crippen LogP contribution in [0.1, 0.15) is 12.8 Å². The van der Waals surface area contributed by atoms with Gasteiger partial charge in [-0.15, -0.1) is 0 Å². The van der Waals surface area contributed by atoms with Gasteiger partial charge in [-0.1, -0.05) is 0 Å². The number of aliphatic hydroxyl groups is 1.